The second-order valence-corrected chi connectivity index (χ2v) is 7.27. The first-order valence-electron chi connectivity index (χ1n) is 8.39. The summed E-state index contributed by atoms with van der Waals surface area (Å²) in [5.74, 6) is 0.960. The van der Waals surface area contributed by atoms with E-state index in [1.54, 1.807) is 24.2 Å². The van der Waals surface area contributed by atoms with Crippen molar-refractivity contribution in [1.82, 2.24) is 4.98 Å². The fourth-order valence-electron chi connectivity index (χ4n) is 3.50. The number of thioether (sulfide) groups is 1. The summed E-state index contributed by atoms with van der Waals surface area (Å²) in [4.78, 5) is 20.6. The van der Waals surface area contributed by atoms with Crippen LogP contribution in [0.3, 0.4) is 0 Å². The van der Waals surface area contributed by atoms with Crippen molar-refractivity contribution in [3.8, 4) is 0 Å². The predicted molar refractivity (Wildman–Crippen MR) is 95.2 cm³/mol. The Balaban J connectivity index is 1.63. The second-order valence-electron chi connectivity index (χ2n) is 6.13. The molecule has 5 heteroatoms. The largest absolute Gasteiger partial charge is 0.373 e. The van der Waals surface area contributed by atoms with Gasteiger partial charge in [0.25, 0.3) is 0 Å². The van der Waals surface area contributed by atoms with Gasteiger partial charge in [-0.25, -0.2) is 0 Å². The fourth-order valence-corrected chi connectivity index (χ4v) is 4.46. The van der Waals surface area contributed by atoms with Crippen molar-refractivity contribution in [2.75, 3.05) is 23.8 Å². The number of amides is 1. The van der Waals surface area contributed by atoms with Gasteiger partial charge in [0.2, 0.25) is 5.91 Å². The van der Waals surface area contributed by atoms with Gasteiger partial charge >= 0.3 is 0 Å². The van der Waals surface area contributed by atoms with Crippen molar-refractivity contribution >= 4 is 23.4 Å². The SMILES string of the molecule is O=C([C@H]1CCCO[C@@H]1c1ccccc1)N1CCSc2ccncc21. The molecule has 2 aliphatic heterocycles. The monoisotopic (exact) mass is 340 g/mol. The zero-order chi connectivity index (χ0) is 16.4. The number of ether oxygens (including phenoxy) is 1. The molecule has 0 radical (unpaired) electrons. The van der Waals surface area contributed by atoms with Crippen LogP contribution in [0.15, 0.2) is 53.7 Å². The summed E-state index contributed by atoms with van der Waals surface area (Å²) < 4.78 is 6.01. The Kier molecular flexibility index (Phi) is 4.54. The van der Waals surface area contributed by atoms with E-state index in [1.807, 2.05) is 29.2 Å². The maximum absolute atomic E-state index is 13.3. The number of rotatable bonds is 2. The second kappa shape index (κ2) is 6.95. The zero-order valence-electron chi connectivity index (χ0n) is 13.4. The molecular formula is C19H20N2O2S. The summed E-state index contributed by atoms with van der Waals surface area (Å²) in [6, 6.07) is 12.1. The molecule has 0 spiro atoms. The molecule has 0 unspecified atom stereocenters. The van der Waals surface area contributed by atoms with Crippen molar-refractivity contribution in [1.29, 1.82) is 0 Å². The third-order valence-electron chi connectivity index (χ3n) is 4.66. The molecule has 124 valence electrons. The topological polar surface area (TPSA) is 42.4 Å². The first kappa shape index (κ1) is 15.7. The van der Waals surface area contributed by atoms with E-state index in [-0.39, 0.29) is 17.9 Å². The Morgan fingerprint density at radius 2 is 2.12 bits per heavy atom. The molecule has 4 nitrogen and oxygen atoms in total. The van der Waals surface area contributed by atoms with E-state index in [2.05, 4.69) is 17.1 Å². The van der Waals surface area contributed by atoms with E-state index in [4.69, 9.17) is 4.74 Å². The molecule has 0 saturated carbocycles. The standard InChI is InChI=1S/C19H20N2O2S/c22-19(21-10-12-24-17-8-9-20-13-16(17)21)15-7-4-11-23-18(15)14-5-2-1-3-6-14/h1-3,5-6,8-9,13,15,18H,4,7,10-12H2/t15-,18+/m0/s1. The molecule has 0 bridgehead atoms. The van der Waals surface area contributed by atoms with Gasteiger partial charge in [-0.05, 0) is 24.5 Å². The molecule has 3 heterocycles. The van der Waals surface area contributed by atoms with Gasteiger partial charge in [0.15, 0.2) is 0 Å². The van der Waals surface area contributed by atoms with Gasteiger partial charge in [0.1, 0.15) is 0 Å². The molecule has 2 aromatic rings. The molecule has 0 aliphatic carbocycles. The van der Waals surface area contributed by atoms with Gasteiger partial charge in [0.05, 0.1) is 23.9 Å². The van der Waals surface area contributed by atoms with E-state index < -0.39 is 0 Å². The highest BCUT2D eigenvalue weighted by Crippen LogP contribution is 2.39. The van der Waals surface area contributed by atoms with E-state index in [0.29, 0.717) is 0 Å². The zero-order valence-corrected chi connectivity index (χ0v) is 14.2. The van der Waals surface area contributed by atoms with E-state index in [9.17, 15) is 4.79 Å². The van der Waals surface area contributed by atoms with Crippen LogP contribution in [0.1, 0.15) is 24.5 Å². The normalized spacial score (nSPS) is 23.6. The summed E-state index contributed by atoms with van der Waals surface area (Å²) in [6.45, 7) is 1.46. The molecule has 1 amide bonds. The smallest absolute Gasteiger partial charge is 0.233 e. The molecule has 24 heavy (non-hydrogen) atoms. The summed E-state index contributed by atoms with van der Waals surface area (Å²) >= 11 is 1.79. The highest BCUT2D eigenvalue weighted by atomic mass is 32.2. The van der Waals surface area contributed by atoms with Gasteiger partial charge in [-0.2, -0.15) is 0 Å². The van der Waals surface area contributed by atoms with Crippen molar-refractivity contribution in [2.24, 2.45) is 5.92 Å². The molecule has 1 saturated heterocycles. The lowest BCUT2D eigenvalue weighted by Crippen LogP contribution is -2.43. The number of fused-ring (bicyclic) bond motifs is 1. The maximum atomic E-state index is 13.3. The quantitative estimate of drug-likeness (QED) is 0.836. The molecular weight excluding hydrogens is 320 g/mol. The molecule has 1 aromatic carbocycles. The summed E-state index contributed by atoms with van der Waals surface area (Å²) in [6.07, 6.45) is 5.25. The average Bonchev–Trinajstić information content (AvgIpc) is 2.68. The van der Waals surface area contributed by atoms with Crippen LogP contribution in [0.5, 0.6) is 0 Å². The minimum Gasteiger partial charge on any atom is -0.373 e. The van der Waals surface area contributed by atoms with E-state index in [0.717, 1.165) is 47.9 Å². The number of carbonyl (C=O) groups excluding carboxylic acids is 1. The third-order valence-corrected chi connectivity index (χ3v) is 5.70. The van der Waals surface area contributed by atoms with Crippen molar-refractivity contribution in [3.63, 3.8) is 0 Å². The summed E-state index contributed by atoms with van der Waals surface area (Å²) in [5, 5.41) is 0. The van der Waals surface area contributed by atoms with Crippen LogP contribution in [0.2, 0.25) is 0 Å². The van der Waals surface area contributed by atoms with Crippen LogP contribution in [-0.2, 0) is 9.53 Å². The Bertz CT molecular complexity index is 722. The average molecular weight is 340 g/mol. The maximum Gasteiger partial charge on any atom is 0.233 e. The molecule has 4 rings (SSSR count). The van der Waals surface area contributed by atoms with Crippen LogP contribution >= 0.6 is 11.8 Å². The highest BCUT2D eigenvalue weighted by molar-refractivity contribution is 7.99. The predicted octanol–water partition coefficient (Wildman–Crippen LogP) is 3.69. The lowest BCUT2D eigenvalue weighted by atomic mass is 9.88. The fraction of sp³-hybridized carbons (Fsp3) is 0.368. The van der Waals surface area contributed by atoms with Crippen LogP contribution in [0.25, 0.3) is 0 Å². The molecule has 1 aromatic heterocycles. The van der Waals surface area contributed by atoms with Gasteiger partial charge in [-0.1, -0.05) is 30.3 Å². The number of hydrogen-bond acceptors (Lipinski definition) is 4. The number of nitrogens with zero attached hydrogens (tertiary/aromatic N) is 2. The Morgan fingerprint density at radius 1 is 1.25 bits per heavy atom. The van der Waals surface area contributed by atoms with Crippen LogP contribution in [0, 0.1) is 5.92 Å². The first-order chi connectivity index (χ1) is 11.8. The lowest BCUT2D eigenvalue weighted by Gasteiger charge is -2.36. The molecule has 1 fully saturated rings. The Labute approximate surface area is 146 Å². The van der Waals surface area contributed by atoms with Gasteiger partial charge in [-0.3, -0.25) is 9.78 Å². The number of carbonyl (C=O) groups is 1. The molecule has 2 aliphatic rings. The molecule has 0 N–H and O–H groups in total. The van der Waals surface area contributed by atoms with Crippen molar-refractivity contribution < 1.29 is 9.53 Å². The summed E-state index contributed by atoms with van der Waals surface area (Å²) in [5.41, 5.74) is 2.03. The van der Waals surface area contributed by atoms with E-state index >= 15 is 0 Å². The van der Waals surface area contributed by atoms with Crippen LogP contribution < -0.4 is 4.90 Å². The van der Waals surface area contributed by atoms with Gasteiger partial charge in [0, 0.05) is 30.0 Å². The van der Waals surface area contributed by atoms with Crippen molar-refractivity contribution in [3.05, 3.63) is 54.4 Å². The number of hydrogen-bond donors (Lipinski definition) is 0. The highest BCUT2D eigenvalue weighted by Gasteiger charge is 2.37. The van der Waals surface area contributed by atoms with Crippen LogP contribution in [-0.4, -0.2) is 29.8 Å². The minimum absolute atomic E-state index is 0.127. The lowest BCUT2D eigenvalue weighted by molar-refractivity contribution is -0.132. The number of aromatic nitrogens is 1. The first-order valence-corrected chi connectivity index (χ1v) is 9.38. The van der Waals surface area contributed by atoms with E-state index in [1.165, 1.54) is 0 Å². The molecule has 2 atom stereocenters. The number of pyridine rings is 1. The van der Waals surface area contributed by atoms with Crippen molar-refractivity contribution in [2.45, 2.75) is 23.8 Å². The third kappa shape index (κ3) is 2.94. The van der Waals surface area contributed by atoms with Gasteiger partial charge < -0.3 is 9.64 Å². The Morgan fingerprint density at radius 3 is 3.00 bits per heavy atom. The van der Waals surface area contributed by atoms with Crippen LogP contribution in [0.4, 0.5) is 5.69 Å². The van der Waals surface area contributed by atoms with Gasteiger partial charge in [-0.15, -0.1) is 11.8 Å². The number of anilines is 1. The summed E-state index contributed by atoms with van der Waals surface area (Å²) in [7, 11) is 0. The number of benzene rings is 1. The minimum atomic E-state index is -0.151. The Hall–Kier alpha value is -1.85.